The summed E-state index contributed by atoms with van der Waals surface area (Å²) in [4.78, 5) is 26.7. The van der Waals surface area contributed by atoms with Crippen LogP contribution in [-0.2, 0) is 19.4 Å². The SMILES string of the molecule is C=CCN(CC=C)C(=O)C(=O)N(C)C1CCS(=O)(=O)C1. The first-order valence-corrected chi connectivity index (χ1v) is 8.12. The molecule has 0 aromatic rings. The van der Waals surface area contributed by atoms with E-state index in [2.05, 4.69) is 13.2 Å². The van der Waals surface area contributed by atoms with Gasteiger partial charge >= 0.3 is 11.8 Å². The summed E-state index contributed by atoms with van der Waals surface area (Å²) >= 11 is 0. The van der Waals surface area contributed by atoms with Crippen molar-refractivity contribution in [2.24, 2.45) is 0 Å². The number of rotatable bonds is 5. The summed E-state index contributed by atoms with van der Waals surface area (Å²) in [5, 5.41) is 0. The summed E-state index contributed by atoms with van der Waals surface area (Å²) < 4.78 is 22.8. The first-order valence-electron chi connectivity index (χ1n) is 6.30. The van der Waals surface area contributed by atoms with Crippen LogP contribution in [0.4, 0.5) is 0 Å². The van der Waals surface area contributed by atoms with E-state index in [-0.39, 0.29) is 24.6 Å². The van der Waals surface area contributed by atoms with Crippen LogP contribution in [0.1, 0.15) is 6.42 Å². The van der Waals surface area contributed by atoms with Gasteiger partial charge in [-0.1, -0.05) is 12.2 Å². The van der Waals surface area contributed by atoms with Crippen molar-refractivity contribution < 1.29 is 18.0 Å². The third-order valence-corrected chi connectivity index (χ3v) is 5.00. The quantitative estimate of drug-likeness (QED) is 0.522. The lowest BCUT2D eigenvalue weighted by Gasteiger charge is -2.26. The lowest BCUT2D eigenvalue weighted by Crippen LogP contribution is -2.48. The number of sulfone groups is 1. The van der Waals surface area contributed by atoms with Crippen molar-refractivity contribution >= 4 is 21.7 Å². The monoisotopic (exact) mass is 300 g/mol. The number of likely N-dealkylation sites (N-methyl/N-ethyl adjacent to an activating group) is 1. The summed E-state index contributed by atoms with van der Waals surface area (Å²) in [5.41, 5.74) is 0. The van der Waals surface area contributed by atoms with E-state index < -0.39 is 27.7 Å². The molecule has 1 atom stereocenters. The Hall–Kier alpha value is -1.63. The van der Waals surface area contributed by atoms with E-state index in [0.717, 1.165) is 0 Å². The van der Waals surface area contributed by atoms with Gasteiger partial charge in [0.2, 0.25) is 0 Å². The van der Waals surface area contributed by atoms with Gasteiger partial charge in [-0.25, -0.2) is 8.42 Å². The number of hydrogen-bond donors (Lipinski definition) is 0. The average Bonchev–Trinajstić information content (AvgIpc) is 2.76. The molecular formula is C13H20N2O4S. The Kier molecular flexibility index (Phi) is 5.50. The van der Waals surface area contributed by atoms with Gasteiger partial charge in [0.05, 0.1) is 11.5 Å². The van der Waals surface area contributed by atoms with Gasteiger partial charge in [-0.2, -0.15) is 0 Å². The van der Waals surface area contributed by atoms with Crippen LogP contribution < -0.4 is 0 Å². The Morgan fingerprint density at radius 1 is 1.20 bits per heavy atom. The van der Waals surface area contributed by atoms with E-state index in [0.29, 0.717) is 6.42 Å². The van der Waals surface area contributed by atoms with Crippen molar-refractivity contribution in [3.63, 3.8) is 0 Å². The summed E-state index contributed by atoms with van der Waals surface area (Å²) in [6.45, 7) is 7.55. The first kappa shape index (κ1) is 16.4. The van der Waals surface area contributed by atoms with Crippen LogP contribution in [0.2, 0.25) is 0 Å². The van der Waals surface area contributed by atoms with Crippen molar-refractivity contribution in [1.29, 1.82) is 0 Å². The van der Waals surface area contributed by atoms with Crippen LogP contribution in [0.15, 0.2) is 25.3 Å². The van der Waals surface area contributed by atoms with Crippen LogP contribution in [0, 0.1) is 0 Å². The maximum atomic E-state index is 12.1. The molecule has 1 unspecified atom stereocenters. The lowest BCUT2D eigenvalue weighted by molar-refractivity contribution is -0.151. The van der Waals surface area contributed by atoms with E-state index in [1.807, 2.05) is 0 Å². The molecule has 0 bridgehead atoms. The zero-order chi connectivity index (χ0) is 15.3. The fourth-order valence-electron chi connectivity index (χ4n) is 2.08. The molecule has 1 aliphatic heterocycles. The van der Waals surface area contributed by atoms with Crippen LogP contribution >= 0.6 is 0 Å². The van der Waals surface area contributed by atoms with Crippen molar-refractivity contribution in [3.8, 4) is 0 Å². The molecule has 0 N–H and O–H groups in total. The predicted molar refractivity (Wildman–Crippen MR) is 76.8 cm³/mol. The lowest BCUT2D eigenvalue weighted by atomic mass is 10.2. The summed E-state index contributed by atoms with van der Waals surface area (Å²) in [5.74, 6) is -1.38. The minimum atomic E-state index is -3.09. The second kappa shape index (κ2) is 6.69. The highest BCUT2D eigenvalue weighted by Crippen LogP contribution is 2.17. The van der Waals surface area contributed by atoms with Gasteiger partial charge in [-0.3, -0.25) is 9.59 Å². The number of carbonyl (C=O) groups is 2. The maximum Gasteiger partial charge on any atom is 0.312 e. The summed E-state index contributed by atoms with van der Waals surface area (Å²) in [7, 11) is -1.63. The number of hydrogen-bond acceptors (Lipinski definition) is 4. The highest BCUT2D eigenvalue weighted by molar-refractivity contribution is 7.91. The van der Waals surface area contributed by atoms with Gasteiger partial charge in [0.25, 0.3) is 0 Å². The smallest absolute Gasteiger partial charge is 0.312 e. The topological polar surface area (TPSA) is 74.8 Å². The number of amides is 2. The first-order chi connectivity index (χ1) is 9.32. The highest BCUT2D eigenvalue weighted by Gasteiger charge is 2.35. The molecule has 112 valence electrons. The molecular weight excluding hydrogens is 280 g/mol. The van der Waals surface area contributed by atoms with Crippen LogP contribution in [0.5, 0.6) is 0 Å². The summed E-state index contributed by atoms with van der Waals surface area (Å²) in [6.07, 6.45) is 3.42. The Labute approximate surface area is 119 Å². The van der Waals surface area contributed by atoms with Crippen molar-refractivity contribution in [3.05, 3.63) is 25.3 Å². The van der Waals surface area contributed by atoms with E-state index in [9.17, 15) is 18.0 Å². The van der Waals surface area contributed by atoms with Crippen LogP contribution in [0.25, 0.3) is 0 Å². The molecule has 0 radical (unpaired) electrons. The standard InChI is InChI=1S/C13H20N2O4S/c1-4-7-15(8-5-2)13(17)12(16)14(3)11-6-9-20(18,19)10-11/h4-5,11H,1-2,6-10H2,3H3. The van der Waals surface area contributed by atoms with E-state index in [1.54, 1.807) is 0 Å². The van der Waals surface area contributed by atoms with Crippen molar-refractivity contribution in [2.45, 2.75) is 12.5 Å². The van der Waals surface area contributed by atoms with Crippen molar-refractivity contribution in [2.75, 3.05) is 31.6 Å². The van der Waals surface area contributed by atoms with Gasteiger partial charge in [0, 0.05) is 26.2 Å². The molecule has 7 heteroatoms. The zero-order valence-electron chi connectivity index (χ0n) is 11.6. The van der Waals surface area contributed by atoms with Gasteiger partial charge in [-0.05, 0) is 6.42 Å². The Morgan fingerprint density at radius 3 is 2.15 bits per heavy atom. The average molecular weight is 300 g/mol. The molecule has 0 spiro atoms. The molecule has 1 heterocycles. The molecule has 1 aliphatic rings. The maximum absolute atomic E-state index is 12.1. The molecule has 2 amide bonds. The fraction of sp³-hybridized carbons (Fsp3) is 0.538. The van der Waals surface area contributed by atoms with E-state index in [4.69, 9.17) is 0 Å². The molecule has 1 fully saturated rings. The summed E-state index contributed by atoms with van der Waals surface area (Å²) in [6, 6.07) is -0.425. The van der Waals surface area contributed by atoms with Crippen LogP contribution in [0.3, 0.4) is 0 Å². The Morgan fingerprint density at radius 2 is 1.75 bits per heavy atom. The molecule has 1 saturated heterocycles. The fourth-order valence-corrected chi connectivity index (χ4v) is 3.86. The third kappa shape index (κ3) is 3.93. The minimum absolute atomic E-state index is 0.0620. The van der Waals surface area contributed by atoms with Gasteiger partial charge in [0.1, 0.15) is 0 Å². The van der Waals surface area contributed by atoms with Gasteiger partial charge < -0.3 is 9.80 Å². The highest BCUT2D eigenvalue weighted by atomic mass is 32.2. The Bertz CT molecular complexity index is 502. The molecule has 0 aromatic carbocycles. The largest absolute Gasteiger partial charge is 0.333 e. The van der Waals surface area contributed by atoms with E-state index >= 15 is 0 Å². The van der Waals surface area contributed by atoms with Crippen molar-refractivity contribution in [1.82, 2.24) is 9.80 Å². The molecule has 6 nitrogen and oxygen atoms in total. The Balaban J connectivity index is 2.74. The third-order valence-electron chi connectivity index (χ3n) is 3.25. The molecule has 0 aliphatic carbocycles. The number of carbonyl (C=O) groups excluding carboxylic acids is 2. The van der Waals surface area contributed by atoms with Gasteiger partial charge in [-0.15, -0.1) is 13.2 Å². The zero-order valence-corrected chi connectivity index (χ0v) is 12.4. The molecule has 1 rings (SSSR count). The van der Waals surface area contributed by atoms with Crippen LogP contribution in [-0.4, -0.2) is 67.7 Å². The molecule has 0 aromatic heterocycles. The second-order valence-electron chi connectivity index (χ2n) is 4.76. The van der Waals surface area contributed by atoms with E-state index in [1.165, 1.54) is 29.0 Å². The normalized spacial score (nSPS) is 20.1. The molecule has 20 heavy (non-hydrogen) atoms. The predicted octanol–water partition coefficient (Wildman–Crippen LogP) is -0.167. The molecule has 0 saturated carbocycles. The second-order valence-corrected chi connectivity index (χ2v) is 6.99. The van der Waals surface area contributed by atoms with Gasteiger partial charge in [0.15, 0.2) is 9.84 Å². The number of nitrogens with zero attached hydrogens (tertiary/aromatic N) is 2. The minimum Gasteiger partial charge on any atom is -0.333 e.